The van der Waals surface area contributed by atoms with Crippen LogP contribution in [-0.4, -0.2) is 27.2 Å². The highest BCUT2D eigenvalue weighted by Gasteiger charge is 2.20. The highest BCUT2D eigenvalue weighted by Crippen LogP contribution is 2.42. The summed E-state index contributed by atoms with van der Waals surface area (Å²) in [5.41, 5.74) is 1.90. The predicted molar refractivity (Wildman–Crippen MR) is 122 cm³/mol. The van der Waals surface area contributed by atoms with Crippen molar-refractivity contribution < 1.29 is 23.4 Å². The third kappa shape index (κ3) is 3.88. The smallest absolute Gasteiger partial charge is 0.255 e. The molecule has 0 aliphatic rings. The number of anilines is 1. The molecule has 0 aliphatic carbocycles. The Morgan fingerprint density at radius 3 is 2.16 bits per heavy atom. The van der Waals surface area contributed by atoms with Crippen molar-refractivity contribution in [1.82, 2.24) is 0 Å². The van der Waals surface area contributed by atoms with Gasteiger partial charge in [-0.3, -0.25) is 9.59 Å². The van der Waals surface area contributed by atoms with E-state index < -0.39 is 0 Å². The lowest BCUT2D eigenvalue weighted by atomic mass is 10.1. The number of hydrogen-bond donors (Lipinski definition) is 1. The fraction of sp³-hybridized carbons (Fsp3) is 0.120. The lowest BCUT2D eigenvalue weighted by Gasteiger charge is -2.14. The molecule has 0 fully saturated rings. The summed E-state index contributed by atoms with van der Waals surface area (Å²) in [5, 5.41) is 3.11. The Balaban J connectivity index is 1.69. The number of carbonyl (C=O) groups is 1. The minimum absolute atomic E-state index is 0.205. The summed E-state index contributed by atoms with van der Waals surface area (Å²) in [6.07, 6.45) is 0. The van der Waals surface area contributed by atoms with Crippen LogP contribution >= 0.6 is 0 Å². The van der Waals surface area contributed by atoms with Gasteiger partial charge in [-0.1, -0.05) is 18.2 Å². The number of amides is 1. The lowest BCUT2D eigenvalue weighted by Crippen LogP contribution is -2.11. The van der Waals surface area contributed by atoms with E-state index in [1.807, 2.05) is 6.07 Å². The molecule has 7 heteroatoms. The normalized spacial score (nSPS) is 10.6. The van der Waals surface area contributed by atoms with E-state index >= 15 is 0 Å². The molecule has 0 aliphatic heterocycles. The summed E-state index contributed by atoms with van der Waals surface area (Å²) in [5.74, 6) is 1.12. The first kappa shape index (κ1) is 21.0. The van der Waals surface area contributed by atoms with Crippen LogP contribution in [0.25, 0.3) is 22.3 Å². The second-order valence-electron chi connectivity index (χ2n) is 6.89. The van der Waals surface area contributed by atoms with Gasteiger partial charge in [0.15, 0.2) is 16.9 Å². The molecule has 0 saturated carbocycles. The molecule has 1 amide bonds. The molecule has 0 saturated heterocycles. The fourth-order valence-electron chi connectivity index (χ4n) is 3.44. The summed E-state index contributed by atoms with van der Waals surface area (Å²) in [7, 11) is 4.42. The molecular weight excluding hydrogens is 410 g/mol. The van der Waals surface area contributed by atoms with Crippen LogP contribution in [0, 0.1) is 0 Å². The monoisotopic (exact) mass is 431 g/mol. The van der Waals surface area contributed by atoms with E-state index in [4.69, 9.17) is 18.6 Å². The van der Waals surface area contributed by atoms with Gasteiger partial charge in [0.2, 0.25) is 5.75 Å². The Morgan fingerprint density at radius 2 is 1.53 bits per heavy atom. The van der Waals surface area contributed by atoms with Crippen LogP contribution in [0.3, 0.4) is 0 Å². The van der Waals surface area contributed by atoms with E-state index in [1.54, 1.807) is 54.6 Å². The zero-order valence-electron chi connectivity index (χ0n) is 17.8. The van der Waals surface area contributed by atoms with Crippen molar-refractivity contribution in [2.45, 2.75) is 0 Å². The summed E-state index contributed by atoms with van der Waals surface area (Å²) in [4.78, 5) is 25.2. The average Bonchev–Trinajstić information content (AvgIpc) is 2.83. The number of hydrogen-bond acceptors (Lipinski definition) is 6. The van der Waals surface area contributed by atoms with Gasteiger partial charge in [-0.2, -0.15) is 0 Å². The van der Waals surface area contributed by atoms with Crippen LogP contribution in [0.4, 0.5) is 5.69 Å². The van der Waals surface area contributed by atoms with Gasteiger partial charge in [0.25, 0.3) is 5.91 Å². The third-order valence-electron chi connectivity index (χ3n) is 4.99. The van der Waals surface area contributed by atoms with Gasteiger partial charge in [-0.25, -0.2) is 0 Å². The molecule has 0 atom stereocenters. The minimum Gasteiger partial charge on any atom is -0.493 e. The maximum absolute atomic E-state index is 12.9. The Kier molecular flexibility index (Phi) is 5.81. The molecule has 4 rings (SSSR count). The number of carbonyl (C=O) groups excluding carboxylic acids is 1. The van der Waals surface area contributed by atoms with Gasteiger partial charge in [0, 0.05) is 28.9 Å². The molecule has 7 nitrogen and oxygen atoms in total. The van der Waals surface area contributed by atoms with Gasteiger partial charge in [-0.05, 0) is 36.4 Å². The second-order valence-corrected chi connectivity index (χ2v) is 6.89. The fourth-order valence-corrected chi connectivity index (χ4v) is 3.44. The highest BCUT2D eigenvalue weighted by atomic mass is 16.5. The number of rotatable bonds is 6. The first-order valence-electron chi connectivity index (χ1n) is 9.79. The molecule has 0 radical (unpaired) electrons. The third-order valence-corrected chi connectivity index (χ3v) is 4.99. The van der Waals surface area contributed by atoms with Gasteiger partial charge in [0.1, 0.15) is 16.7 Å². The molecule has 0 bridgehead atoms. The SMILES string of the molecule is COc1cc2oc(-c3ccc(NC(=O)c4ccccc4)cc3)cc(=O)c2c(OC)c1OC. The molecule has 4 aromatic rings. The van der Waals surface area contributed by atoms with Crippen molar-refractivity contribution in [3.8, 4) is 28.6 Å². The van der Waals surface area contributed by atoms with Crippen molar-refractivity contribution in [3.63, 3.8) is 0 Å². The van der Waals surface area contributed by atoms with Crippen molar-refractivity contribution in [3.05, 3.63) is 82.5 Å². The van der Waals surface area contributed by atoms with Crippen LogP contribution in [0.15, 0.2) is 75.9 Å². The largest absolute Gasteiger partial charge is 0.493 e. The van der Waals surface area contributed by atoms with Crippen molar-refractivity contribution >= 4 is 22.6 Å². The number of fused-ring (bicyclic) bond motifs is 1. The zero-order chi connectivity index (χ0) is 22.7. The quantitative estimate of drug-likeness (QED) is 0.475. The number of benzene rings is 3. The first-order chi connectivity index (χ1) is 15.5. The molecule has 32 heavy (non-hydrogen) atoms. The maximum atomic E-state index is 12.9. The molecule has 1 heterocycles. The van der Waals surface area contributed by atoms with Crippen LogP contribution < -0.4 is 25.0 Å². The number of ether oxygens (including phenoxy) is 3. The summed E-state index contributed by atoms with van der Waals surface area (Å²) >= 11 is 0. The van der Waals surface area contributed by atoms with Crippen LogP contribution in [0.5, 0.6) is 17.2 Å². The van der Waals surface area contributed by atoms with Crippen molar-refractivity contribution in [1.29, 1.82) is 0 Å². The Labute approximate surface area is 184 Å². The number of methoxy groups -OCH3 is 3. The summed E-state index contributed by atoms with van der Waals surface area (Å²) < 4.78 is 22.1. The van der Waals surface area contributed by atoms with Crippen molar-refractivity contribution in [2.24, 2.45) is 0 Å². The van der Waals surface area contributed by atoms with Gasteiger partial charge < -0.3 is 23.9 Å². The van der Waals surface area contributed by atoms with E-state index in [0.717, 1.165) is 0 Å². The molecular formula is C25H21NO6. The van der Waals surface area contributed by atoms with E-state index in [2.05, 4.69) is 5.32 Å². The average molecular weight is 431 g/mol. The van der Waals surface area contributed by atoms with E-state index in [0.29, 0.717) is 39.7 Å². The molecule has 1 aromatic heterocycles. The molecule has 3 aromatic carbocycles. The predicted octanol–water partition coefficient (Wildman–Crippen LogP) is 4.74. The molecule has 1 N–H and O–H groups in total. The summed E-state index contributed by atoms with van der Waals surface area (Å²) in [6.45, 7) is 0. The van der Waals surface area contributed by atoms with Crippen molar-refractivity contribution in [2.75, 3.05) is 26.6 Å². The zero-order valence-corrected chi connectivity index (χ0v) is 17.8. The molecule has 162 valence electrons. The molecule has 0 unspecified atom stereocenters. The highest BCUT2D eigenvalue weighted by molar-refractivity contribution is 6.04. The first-order valence-corrected chi connectivity index (χ1v) is 9.79. The molecule has 0 spiro atoms. The Bertz CT molecular complexity index is 1330. The maximum Gasteiger partial charge on any atom is 0.255 e. The minimum atomic E-state index is -0.277. The Hall–Kier alpha value is -4.26. The number of nitrogens with one attached hydrogen (secondary N) is 1. The van der Waals surface area contributed by atoms with Crippen LogP contribution in [0.2, 0.25) is 0 Å². The summed E-state index contributed by atoms with van der Waals surface area (Å²) in [6, 6.07) is 19.0. The second kappa shape index (κ2) is 8.85. The topological polar surface area (TPSA) is 87.0 Å². The van der Waals surface area contributed by atoms with Gasteiger partial charge >= 0.3 is 0 Å². The van der Waals surface area contributed by atoms with Crippen LogP contribution in [-0.2, 0) is 0 Å². The van der Waals surface area contributed by atoms with Gasteiger partial charge in [0.05, 0.1) is 21.3 Å². The lowest BCUT2D eigenvalue weighted by molar-refractivity contribution is 0.102. The van der Waals surface area contributed by atoms with E-state index in [1.165, 1.54) is 27.4 Å². The van der Waals surface area contributed by atoms with Gasteiger partial charge in [-0.15, -0.1) is 0 Å². The standard InChI is InChI=1S/C25H21NO6/c1-29-21-14-20-22(24(31-3)23(21)30-2)18(27)13-19(32-20)15-9-11-17(12-10-15)26-25(28)16-7-5-4-6-8-16/h4-14H,1-3H3,(H,26,28). The Morgan fingerprint density at radius 1 is 0.844 bits per heavy atom. The van der Waals surface area contributed by atoms with Crippen LogP contribution in [0.1, 0.15) is 10.4 Å². The van der Waals surface area contributed by atoms with E-state index in [-0.39, 0.29) is 22.5 Å². The van der Waals surface area contributed by atoms with E-state index in [9.17, 15) is 9.59 Å².